The predicted octanol–water partition coefficient (Wildman–Crippen LogP) is 3.35. The molecule has 0 radical (unpaired) electrons. The van der Waals surface area contributed by atoms with E-state index < -0.39 is 0 Å². The molecule has 4 heteroatoms. The lowest BCUT2D eigenvalue weighted by molar-refractivity contribution is 0.242. The number of hydrogen-bond acceptors (Lipinski definition) is 3. The number of halogens is 1. The van der Waals surface area contributed by atoms with Crippen LogP contribution in [-0.2, 0) is 6.42 Å². The summed E-state index contributed by atoms with van der Waals surface area (Å²) >= 11 is 5.99. The van der Waals surface area contributed by atoms with E-state index in [1.54, 1.807) is 0 Å². The van der Waals surface area contributed by atoms with E-state index in [0.717, 1.165) is 23.5 Å². The van der Waals surface area contributed by atoms with E-state index in [9.17, 15) is 0 Å². The van der Waals surface area contributed by atoms with Crippen molar-refractivity contribution in [2.45, 2.75) is 12.5 Å². The van der Waals surface area contributed by atoms with Gasteiger partial charge in [-0.25, -0.2) is 0 Å². The fourth-order valence-electron chi connectivity index (χ4n) is 2.29. The van der Waals surface area contributed by atoms with Gasteiger partial charge in [0.05, 0.1) is 5.69 Å². The second kappa shape index (κ2) is 5.11. The molecule has 19 heavy (non-hydrogen) atoms. The Morgan fingerprint density at radius 2 is 2.11 bits per heavy atom. The Kier molecular flexibility index (Phi) is 3.32. The van der Waals surface area contributed by atoms with Gasteiger partial charge < -0.3 is 15.8 Å². The van der Waals surface area contributed by atoms with Crippen molar-refractivity contribution >= 4 is 23.0 Å². The standard InChI is InChI=1S/C15H15ClN2O/c16-11-4-2-5-12(8-11)18-14-6-1-3-10-7-13(9-17)19-15(10)14/h1-6,8,13,18H,7,9,17H2. The molecule has 1 heterocycles. The highest BCUT2D eigenvalue weighted by atomic mass is 35.5. The monoisotopic (exact) mass is 274 g/mol. The lowest BCUT2D eigenvalue weighted by atomic mass is 10.1. The minimum Gasteiger partial charge on any atom is -0.486 e. The van der Waals surface area contributed by atoms with Crippen molar-refractivity contribution in [1.29, 1.82) is 0 Å². The van der Waals surface area contributed by atoms with Gasteiger partial charge in [-0.2, -0.15) is 0 Å². The number of benzene rings is 2. The van der Waals surface area contributed by atoms with E-state index in [1.807, 2.05) is 36.4 Å². The zero-order valence-corrected chi connectivity index (χ0v) is 11.2. The minimum atomic E-state index is 0.0808. The van der Waals surface area contributed by atoms with Crippen LogP contribution in [0.25, 0.3) is 0 Å². The van der Waals surface area contributed by atoms with Crippen LogP contribution < -0.4 is 15.8 Å². The Balaban J connectivity index is 1.89. The number of hydrogen-bond donors (Lipinski definition) is 2. The first-order valence-electron chi connectivity index (χ1n) is 6.27. The van der Waals surface area contributed by atoms with Gasteiger partial charge in [-0.15, -0.1) is 0 Å². The van der Waals surface area contributed by atoms with E-state index in [0.29, 0.717) is 11.6 Å². The third-order valence-electron chi connectivity index (χ3n) is 3.20. The van der Waals surface area contributed by atoms with E-state index in [4.69, 9.17) is 22.1 Å². The summed E-state index contributed by atoms with van der Waals surface area (Å²) in [4.78, 5) is 0. The van der Waals surface area contributed by atoms with Gasteiger partial charge >= 0.3 is 0 Å². The van der Waals surface area contributed by atoms with Gasteiger partial charge in [0.2, 0.25) is 0 Å². The van der Waals surface area contributed by atoms with Gasteiger partial charge in [0.25, 0.3) is 0 Å². The molecule has 0 aromatic heterocycles. The van der Waals surface area contributed by atoms with E-state index >= 15 is 0 Å². The predicted molar refractivity (Wildman–Crippen MR) is 78.4 cm³/mol. The number of fused-ring (bicyclic) bond motifs is 1. The van der Waals surface area contributed by atoms with Gasteiger partial charge in [-0.3, -0.25) is 0 Å². The molecule has 0 fully saturated rings. The van der Waals surface area contributed by atoms with Crippen molar-refractivity contribution in [3.63, 3.8) is 0 Å². The fourth-order valence-corrected chi connectivity index (χ4v) is 2.48. The maximum absolute atomic E-state index is 5.99. The SMILES string of the molecule is NCC1Cc2cccc(Nc3cccc(Cl)c3)c2O1. The molecule has 3 rings (SSSR count). The van der Waals surface area contributed by atoms with Gasteiger partial charge in [0.15, 0.2) is 0 Å². The van der Waals surface area contributed by atoms with E-state index in [2.05, 4.69) is 11.4 Å². The molecule has 3 nitrogen and oxygen atoms in total. The normalized spacial score (nSPS) is 16.8. The second-order valence-electron chi connectivity index (χ2n) is 4.61. The summed E-state index contributed by atoms with van der Waals surface area (Å²) in [7, 11) is 0. The minimum absolute atomic E-state index is 0.0808. The molecular formula is C15H15ClN2O. The third-order valence-corrected chi connectivity index (χ3v) is 3.43. The summed E-state index contributed by atoms with van der Waals surface area (Å²) in [6.07, 6.45) is 0.953. The highest BCUT2D eigenvalue weighted by Gasteiger charge is 2.24. The Morgan fingerprint density at radius 3 is 2.89 bits per heavy atom. The highest BCUT2D eigenvalue weighted by molar-refractivity contribution is 6.30. The Labute approximate surface area is 117 Å². The summed E-state index contributed by atoms with van der Waals surface area (Å²) in [6, 6.07) is 13.7. The van der Waals surface area contributed by atoms with Gasteiger partial charge in [-0.05, 0) is 24.3 Å². The Bertz CT molecular complexity index is 600. The molecule has 98 valence electrons. The smallest absolute Gasteiger partial charge is 0.146 e. The third kappa shape index (κ3) is 2.53. The molecule has 0 amide bonds. The average molecular weight is 275 g/mol. The van der Waals surface area contributed by atoms with Crippen LogP contribution in [-0.4, -0.2) is 12.6 Å². The Hall–Kier alpha value is -1.71. The first kappa shape index (κ1) is 12.3. The van der Waals surface area contributed by atoms with Crippen LogP contribution in [0, 0.1) is 0 Å². The molecule has 0 saturated heterocycles. The van der Waals surface area contributed by atoms with E-state index in [-0.39, 0.29) is 6.10 Å². The molecule has 0 spiro atoms. The number of ether oxygens (including phenoxy) is 1. The molecular weight excluding hydrogens is 260 g/mol. The number of nitrogens with one attached hydrogen (secondary N) is 1. The van der Waals surface area contributed by atoms with Crippen LogP contribution in [0.4, 0.5) is 11.4 Å². The number of anilines is 2. The average Bonchev–Trinajstić information content (AvgIpc) is 2.83. The molecule has 1 atom stereocenters. The molecule has 0 saturated carbocycles. The largest absolute Gasteiger partial charge is 0.486 e. The fraction of sp³-hybridized carbons (Fsp3) is 0.200. The lowest BCUT2D eigenvalue weighted by Gasteiger charge is -2.12. The molecule has 1 unspecified atom stereocenters. The zero-order valence-electron chi connectivity index (χ0n) is 10.4. The number of rotatable bonds is 3. The van der Waals surface area contributed by atoms with Crippen molar-refractivity contribution in [3.8, 4) is 5.75 Å². The first-order chi connectivity index (χ1) is 9.26. The van der Waals surface area contributed by atoms with Crippen LogP contribution in [0.2, 0.25) is 5.02 Å². The Morgan fingerprint density at radius 1 is 1.26 bits per heavy atom. The van der Waals surface area contributed by atoms with Crippen LogP contribution in [0.5, 0.6) is 5.75 Å². The summed E-state index contributed by atoms with van der Waals surface area (Å²) in [6.45, 7) is 0.533. The van der Waals surface area contributed by atoms with Gasteiger partial charge in [-0.1, -0.05) is 29.8 Å². The lowest BCUT2D eigenvalue weighted by Crippen LogP contribution is -2.24. The van der Waals surface area contributed by atoms with Crippen molar-refractivity contribution in [1.82, 2.24) is 0 Å². The molecule has 1 aliphatic rings. The molecule has 0 bridgehead atoms. The van der Waals surface area contributed by atoms with Crippen LogP contribution >= 0.6 is 11.6 Å². The molecule has 3 N–H and O–H groups in total. The van der Waals surface area contributed by atoms with Crippen molar-refractivity contribution < 1.29 is 4.74 Å². The van der Waals surface area contributed by atoms with Crippen LogP contribution in [0.3, 0.4) is 0 Å². The van der Waals surface area contributed by atoms with Crippen LogP contribution in [0.1, 0.15) is 5.56 Å². The number of para-hydroxylation sites is 1. The van der Waals surface area contributed by atoms with Crippen molar-refractivity contribution in [3.05, 3.63) is 53.1 Å². The van der Waals surface area contributed by atoms with Gasteiger partial charge in [0, 0.05) is 29.2 Å². The molecule has 2 aromatic rings. The van der Waals surface area contributed by atoms with Crippen molar-refractivity contribution in [2.24, 2.45) is 5.73 Å². The highest BCUT2D eigenvalue weighted by Crippen LogP contribution is 2.37. The van der Waals surface area contributed by atoms with E-state index in [1.165, 1.54) is 5.56 Å². The first-order valence-corrected chi connectivity index (χ1v) is 6.65. The topological polar surface area (TPSA) is 47.3 Å². The van der Waals surface area contributed by atoms with Crippen LogP contribution in [0.15, 0.2) is 42.5 Å². The maximum Gasteiger partial charge on any atom is 0.146 e. The summed E-state index contributed by atoms with van der Waals surface area (Å²) in [5, 5.41) is 4.05. The zero-order chi connectivity index (χ0) is 13.2. The molecule has 0 aliphatic carbocycles. The quantitative estimate of drug-likeness (QED) is 0.902. The van der Waals surface area contributed by atoms with Gasteiger partial charge in [0.1, 0.15) is 11.9 Å². The molecule has 2 aromatic carbocycles. The number of nitrogens with two attached hydrogens (primary N) is 1. The summed E-state index contributed by atoms with van der Waals surface area (Å²) in [5.41, 5.74) is 8.77. The maximum atomic E-state index is 5.99. The summed E-state index contributed by atoms with van der Waals surface area (Å²) < 4.78 is 5.87. The second-order valence-corrected chi connectivity index (χ2v) is 5.05. The molecule has 1 aliphatic heterocycles. The summed E-state index contributed by atoms with van der Waals surface area (Å²) in [5.74, 6) is 0.901. The van der Waals surface area contributed by atoms with Crippen molar-refractivity contribution in [2.75, 3.05) is 11.9 Å².